The number of aryl methyl sites for hydroxylation is 2. The topological polar surface area (TPSA) is 65.8 Å². The zero-order chi connectivity index (χ0) is 23.2. The molecule has 1 amide bonds. The molecule has 6 nitrogen and oxygen atoms in total. The molecule has 0 radical (unpaired) electrons. The fraction of sp³-hybridized carbons (Fsp3) is 0.286. The molecule has 0 fully saturated rings. The number of aromatic hydroxyl groups is 1. The molecule has 3 aliphatic rings. The second kappa shape index (κ2) is 8.20. The lowest BCUT2D eigenvalue weighted by molar-refractivity contribution is 0.0676. The number of nitrogens with zero attached hydrogens (tertiary/aromatic N) is 3. The van der Waals surface area contributed by atoms with E-state index in [1.807, 2.05) is 0 Å². The van der Waals surface area contributed by atoms with Crippen LogP contribution in [0.1, 0.15) is 63.6 Å². The number of aromatic nitrogens is 1. The van der Waals surface area contributed by atoms with Crippen molar-refractivity contribution in [2.24, 2.45) is 0 Å². The number of pyridine rings is 1. The highest BCUT2D eigenvalue weighted by Crippen LogP contribution is 2.40. The van der Waals surface area contributed by atoms with Crippen LogP contribution in [0.4, 0.5) is 0 Å². The van der Waals surface area contributed by atoms with Gasteiger partial charge in [-0.3, -0.25) is 19.3 Å². The third kappa shape index (κ3) is 3.24. The van der Waals surface area contributed by atoms with E-state index in [0.29, 0.717) is 13.2 Å². The van der Waals surface area contributed by atoms with Crippen molar-refractivity contribution in [2.75, 3.05) is 18.2 Å². The summed E-state index contributed by atoms with van der Waals surface area (Å²) in [6.45, 7) is 0.958. The van der Waals surface area contributed by atoms with Crippen LogP contribution in [0.3, 0.4) is 0 Å². The highest BCUT2D eigenvalue weighted by molar-refractivity contribution is 5.96. The monoisotopic (exact) mass is 453 g/mol. The molecule has 34 heavy (non-hydrogen) atoms. The van der Waals surface area contributed by atoms with Crippen LogP contribution in [0, 0.1) is 0 Å². The first-order chi connectivity index (χ1) is 16.6. The maximum Gasteiger partial charge on any atom is 0.277 e. The first-order valence-electron chi connectivity index (χ1n) is 12.0. The van der Waals surface area contributed by atoms with Crippen LogP contribution in [0.5, 0.6) is 5.75 Å². The summed E-state index contributed by atoms with van der Waals surface area (Å²) in [6.07, 6.45) is 10.7. The Morgan fingerprint density at radius 3 is 2.65 bits per heavy atom. The van der Waals surface area contributed by atoms with E-state index in [2.05, 4.69) is 59.6 Å². The molecule has 1 N–H and O–H groups in total. The number of fused-ring (bicyclic) bond motifs is 7. The van der Waals surface area contributed by atoms with Crippen molar-refractivity contribution in [3.05, 3.63) is 105 Å². The van der Waals surface area contributed by atoms with Crippen LogP contribution in [-0.4, -0.2) is 33.8 Å². The molecule has 1 aromatic heterocycles. The Hall–Kier alpha value is -3.80. The zero-order valence-electron chi connectivity index (χ0n) is 19.0. The third-order valence-electron chi connectivity index (χ3n) is 7.30. The normalized spacial score (nSPS) is 20.2. The number of carbonyl (C=O) groups is 1. The molecule has 1 aliphatic carbocycles. The number of hydrogen-bond donors (Lipinski definition) is 1. The van der Waals surface area contributed by atoms with Gasteiger partial charge in [0.25, 0.3) is 5.91 Å². The summed E-state index contributed by atoms with van der Waals surface area (Å²) in [5.41, 5.74) is 5.67. The maximum atomic E-state index is 13.4. The fourth-order valence-electron chi connectivity index (χ4n) is 5.63. The molecule has 3 aromatic rings. The smallest absolute Gasteiger partial charge is 0.277 e. The minimum Gasteiger partial charge on any atom is -0.502 e. The second-order valence-electron chi connectivity index (χ2n) is 9.29. The van der Waals surface area contributed by atoms with Crippen molar-refractivity contribution < 1.29 is 9.90 Å². The summed E-state index contributed by atoms with van der Waals surface area (Å²) in [6, 6.07) is 16.2. The Balaban J connectivity index is 1.68. The maximum absolute atomic E-state index is 13.4. The van der Waals surface area contributed by atoms with Crippen LogP contribution in [0.25, 0.3) is 6.08 Å². The van der Waals surface area contributed by atoms with E-state index in [4.69, 9.17) is 0 Å². The Morgan fingerprint density at radius 1 is 0.912 bits per heavy atom. The summed E-state index contributed by atoms with van der Waals surface area (Å²) in [4.78, 5) is 27.5. The van der Waals surface area contributed by atoms with Gasteiger partial charge in [-0.05, 0) is 59.9 Å². The molecule has 6 heteroatoms. The standard InChI is InChI=1S/C28H27N3O3/c32-23-15-17-30-26(27(23)33)28(34)29-16-6-2-1-3-9-20-10-7-11-21-14-13-19-8-4-5-12-22(19)25(24(20)21)31(30)18-29/h3-5,7-12,15,17,25,33H,1-2,6,13-14,16,18H2/b9-3-/t25-/m1/s1. The Bertz CT molecular complexity index is 1370. The van der Waals surface area contributed by atoms with Gasteiger partial charge in [-0.25, -0.2) is 0 Å². The van der Waals surface area contributed by atoms with Crippen molar-refractivity contribution in [3.8, 4) is 5.75 Å². The van der Waals surface area contributed by atoms with Gasteiger partial charge in [-0.1, -0.05) is 54.6 Å². The molecular formula is C28H27N3O3. The van der Waals surface area contributed by atoms with E-state index in [-0.39, 0.29) is 17.6 Å². The zero-order valence-corrected chi connectivity index (χ0v) is 19.0. The SMILES string of the molecule is O=C1c2c(O)c(=O)ccn2N2CN1CCCC/C=C\c1cccc3c1[C@H]2c1ccccc1CC3. The molecule has 6 rings (SSSR count). The number of amides is 1. The Labute approximate surface area is 198 Å². The van der Waals surface area contributed by atoms with Gasteiger partial charge in [0, 0.05) is 18.8 Å². The molecule has 0 saturated heterocycles. The first-order valence-corrected chi connectivity index (χ1v) is 12.0. The van der Waals surface area contributed by atoms with Gasteiger partial charge in [0.1, 0.15) is 6.67 Å². The van der Waals surface area contributed by atoms with Crippen molar-refractivity contribution >= 4 is 12.0 Å². The quantitative estimate of drug-likeness (QED) is 0.559. The van der Waals surface area contributed by atoms with E-state index in [0.717, 1.165) is 32.1 Å². The number of carbonyl (C=O) groups excluding carboxylic acids is 1. The van der Waals surface area contributed by atoms with Gasteiger partial charge >= 0.3 is 0 Å². The summed E-state index contributed by atoms with van der Waals surface area (Å²) in [7, 11) is 0. The van der Waals surface area contributed by atoms with E-state index in [9.17, 15) is 14.7 Å². The summed E-state index contributed by atoms with van der Waals surface area (Å²) < 4.78 is 1.71. The second-order valence-corrected chi connectivity index (χ2v) is 9.29. The summed E-state index contributed by atoms with van der Waals surface area (Å²) in [5, 5.41) is 12.8. The summed E-state index contributed by atoms with van der Waals surface area (Å²) in [5.74, 6) is -0.779. The molecule has 0 spiro atoms. The molecule has 2 aliphatic heterocycles. The van der Waals surface area contributed by atoms with Gasteiger partial charge in [0.2, 0.25) is 5.43 Å². The minimum absolute atomic E-state index is 0.0483. The highest BCUT2D eigenvalue weighted by Gasteiger charge is 2.38. The molecule has 3 heterocycles. The van der Waals surface area contributed by atoms with Crippen molar-refractivity contribution in [1.82, 2.24) is 9.58 Å². The number of benzene rings is 2. The lowest BCUT2D eigenvalue weighted by atomic mass is 9.89. The van der Waals surface area contributed by atoms with Crippen LogP contribution < -0.4 is 10.4 Å². The van der Waals surface area contributed by atoms with E-state index in [1.54, 1.807) is 15.8 Å². The molecule has 172 valence electrons. The number of hydrogen-bond acceptors (Lipinski definition) is 4. The Kier molecular flexibility index (Phi) is 5.01. The molecule has 2 aromatic carbocycles. The molecular weight excluding hydrogens is 426 g/mol. The van der Waals surface area contributed by atoms with E-state index < -0.39 is 11.2 Å². The van der Waals surface area contributed by atoms with E-state index in [1.165, 1.54) is 33.9 Å². The van der Waals surface area contributed by atoms with Gasteiger partial charge < -0.3 is 10.0 Å². The average molecular weight is 454 g/mol. The molecule has 1 atom stereocenters. The van der Waals surface area contributed by atoms with Gasteiger partial charge in [0.05, 0.1) is 6.04 Å². The first kappa shape index (κ1) is 20.8. The lowest BCUT2D eigenvalue weighted by Crippen LogP contribution is -2.55. The van der Waals surface area contributed by atoms with Gasteiger partial charge in [-0.2, -0.15) is 0 Å². The number of rotatable bonds is 0. The minimum atomic E-state index is -0.534. The molecule has 2 bridgehead atoms. The average Bonchev–Trinajstić information content (AvgIpc) is 3.01. The predicted molar refractivity (Wildman–Crippen MR) is 132 cm³/mol. The predicted octanol–water partition coefficient (Wildman–Crippen LogP) is 3.99. The van der Waals surface area contributed by atoms with Crippen LogP contribution in [-0.2, 0) is 12.8 Å². The van der Waals surface area contributed by atoms with Crippen molar-refractivity contribution in [3.63, 3.8) is 0 Å². The molecule has 0 saturated carbocycles. The fourth-order valence-corrected chi connectivity index (χ4v) is 5.63. The number of allylic oxidation sites excluding steroid dienone is 1. The highest BCUT2D eigenvalue weighted by atomic mass is 16.3. The Morgan fingerprint density at radius 2 is 1.74 bits per heavy atom. The van der Waals surface area contributed by atoms with Gasteiger partial charge in [0.15, 0.2) is 11.4 Å². The van der Waals surface area contributed by atoms with Crippen molar-refractivity contribution in [2.45, 2.75) is 38.1 Å². The van der Waals surface area contributed by atoms with Crippen LogP contribution >= 0.6 is 0 Å². The molecule has 0 unspecified atom stereocenters. The lowest BCUT2D eigenvalue weighted by Gasteiger charge is -2.44. The van der Waals surface area contributed by atoms with E-state index >= 15 is 0 Å². The third-order valence-corrected chi connectivity index (χ3v) is 7.30. The van der Waals surface area contributed by atoms with Crippen LogP contribution in [0.15, 0.2) is 65.6 Å². The van der Waals surface area contributed by atoms with Crippen molar-refractivity contribution in [1.29, 1.82) is 0 Å². The van der Waals surface area contributed by atoms with Gasteiger partial charge in [-0.15, -0.1) is 0 Å². The summed E-state index contributed by atoms with van der Waals surface area (Å²) >= 11 is 0. The van der Waals surface area contributed by atoms with Crippen LogP contribution in [0.2, 0.25) is 0 Å². The largest absolute Gasteiger partial charge is 0.502 e.